The van der Waals surface area contributed by atoms with Crippen LogP contribution in [0.25, 0.3) is 0 Å². The van der Waals surface area contributed by atoms with Gasteiger partial charge in [-0.05, 0) is 74.9 Å². The van der Waals surface area contributed by atoms with E-state index in [9.17, 15) is 17.6 Å². The van der Waals surface area contributed by atoms with Gasteiger partial charge in [0.25, 0.3) is 0 Å². The number of halogens is 2. The van der Waals surface area contributed by atoms with Crippen molar-refractivity contribution >= 4 is 27.5 Å². The Hall–Kier alpha value is -1.96. The van der Waals surface area contributed by atoms with E-state index >= 15 is 0 Å². The van der Waals surface area contributed by atoms with Crippen LogP contribution in [0.15, 0.2) is 30.3 Å². The van der Waals surface area contributed by atoms with E-state index in [2.05, 4.69) is 31.3 Å². The molecule has 1 amide bonds. The minimum Gasteiger partial charge on any atom is -0.349 e. The van der Waals surface area contributed by atoms with E-state index in [4.69, 9.17) is 11.6 Å². The summed E-state index contributed by atoms with van der Waals surface area (Å²) in [4.78, 5) is 12.8. The fourth-order valence-electron chi connectivity index (χ4n) is 4.20. The van der Waals surface area contributed by atoms with E-state index in [1.54, 1.807) is 0 Å². The molecule has 1 saturated heterocycles. The van der Waals surface area contributed by atoms with E-state index in [-0.39, 0.29) is 41.5 Å². The van der Waals surface area contributed by atoms with Crippen molar-refractivity contribution in [3.05, 3.63) is 69.0 Å². The third-order valence-corrected chi connectivity index (χ3v) is 8.47. The van der Waals surface area contributed by atoms with Crippen LogP contribution in [-0.4, -0.2) is 31.7 Å². The number of hydrogen-bond acceptors (Lipinski definition) is 3. The average molecular weight is 481 g/mol. The minimum atomic E-state index is -3.73. The lowest BCUT2D eigenvalue weighted by atomic mass is 9.94. The van der Waals surface area contributed by atoms with Gasteiger partial charge in [0.15, 0.2) is 0 Å². The van der Waals surface area contributed by atoms with Crippen LogP contribution in [0.2, 0.25) is 5.02 Å². The van der Waals surface area contributed by atoms with Crippen LogP contribution < -0.4 is 5.32 Å². The fourth-order valence-corrected chi connectivity index (χ4v) is 6.12. The highest BCUT2D eigenvalue weighted by molar-refractivity contribution is 7.88. The summed E-state index contributed by atoms with van der Waals surface area (Å²) >= 11 is 5.99. The summed E-state index contributed by atoms with van der Waals surface area (Å²) < 4.78 is 41.0. The molecule has 0 aromatic heterocycles. The molecule has 0 radical (unpaired) electrons. The molecular formula is C24H30ClFN2O3S. The van der Waals surface area contributed by atoms with Crippen LogP contribution in [0.3, 0.4) is 0 Å². The Balaban J connectivity index is 1.60. The van der Waals surface area contributed by atoms with Crippen LogP contribution in [0.4, 0.5) is 4.39 Å². The van der Waals surface area contributed by atoms with Gasteiger partial charge in [-0.15, -0.1) is 0 Å². The Kier molecular flexibility index (Phi) is 7.63. The molecule has 0 saturated carbocycles. The molecule has 2 aromatic carbocycles. The van der Waals surface area contributed by atoms with Gasteiger partial charge in [0, 0.05) is 29.6 Å². The molecule has 0 unspecified atom stereocenters. The molecule has 1 heterocycles. The van der Waals surface area contributed by atoms with Crippen LogP contribution in [0.1, 0.15) is 53.6 Å². The van der Waals surface area contributed by atoms with Crippen LogP contribution in [0, 0.1) is 32.5 Å². The summed E-state index contributed by atoms with van der Waals surface area (Å²) in [5.74, 6) is -1.44. The molecule has 1 N–H and O–H groups in total. The van der Waals surface area contributed by atoms with Crippen molar-refractivity contribution in [3.8, 4) is 0 Å². The summed E-state index contributed by atoms with van der Waals surface area (Å²) in [5, 5.41) is 3.18. The van der Waals surface area contributed by atoms with Gasteiger partial charge in [0.1, 0.15) is 5.82 Å². The summed E-state index contributed by atoms with van der Waals surface area (Å²) in [7, 11) is -3.73. The largest absolute Gasteiger partial charge is 0.349 e. The van der Waals surface area contributed by atoms with Crippen LogP contribution in [-0.2, 0) is 20.6 Å². The summed E-state index contributed by atoms with van der Waals surface area (Å²) in [6, 6.07) is 8.22. The highest BCUT2D eigenvalue weighted by Crippen LogP contribution is 2.27. The van der Waals surface area contributed by atoms with E-state index in [0.29, 0.717) is 12.8 Å². The number of piperidine rings is 1. The van der Waals surface area contributed by atoms with Crippen molar-refractivity contribution in [3.63, 3.8) is 0 Å². The summed E-state index contributed by atoms with van der Waals surface area (Å²) in [5.41, 5.74) is 4.60. The van der Waals surface area contributed by atoms with Gasteiger partial charge in [-0.25, -0.2) is 17.1 Å². The number of rotatable bonds is 6. The molecule has 1 aliphatic heterocycles. The van der Waals surface area contributed by atoms with E-state index < -0.39 is 21.6 Å². The number of sulfonamides is 1. The van der Waals surface area contributed by atoms with Gasteiger partial charge < -0.3 is 5.32 Å². The van der Waals surface area contributed by atoms with E-state index in [1.165, 1.54) is 33.6 Å². The first-order chi connectivity index (χ1) is 15.0. The Labute approximate surface area is 195 Å². The molecule has 3 rings (SSSR count). The van der Waals surface area contributed by atoms with Crippen molar-refractivity contribution in [2.24, 2.45) is 5.92 Å². The Morgan fingerprint density at radius 2 is 1.78 bits per heavy atom. The zero-order valence-corrected chi connectivity index (χ0v) is 20.5. The summed E-state index contributed by atoms with van der Waals surface area (Å²) in [6.45, 7) is 8.57. The molecule has 5 nitrogen and oxygen atoms in total. The van der Waals surface area contributed by atoms with Gasteiger partial charge in [-0.1, -0.05) is 29.8 Å². The van der Waals surface area contributed by atoms with Crippen molar-refractivity contribution in [1.82, 2.24) is 9.62 Å². The minimum absolute atomic E-state index is 0.0216. The number of amides is 1. The Morgan fingerprint density at radius 1 is 1.16 bits per heavy atom. The monoisotopic (exact) mass is 480 g/mol. The third kappa shape index (κ3) is 5.50. The van der Waals surface area contributed by atoms with Crippen molar-refractivity contribution in [1.29, 1.82) is 0 Å². The Bertz CT molecular complexity index is 1090. The molecule has 0 aliphatic carbocycles. The quantitative estimate of drug-likeness (QED) is 0.644. The molecule has 8 heteroatoms. The predicted octanol–water partition coefficient (Wildman–Crippen LogP) is 4.82. The number of nitrogens with one attached hydrogen (secondary N) is 1. The topological polar surface area (TPSA) is 66.5 Å². The second-order valence-electron chi connectivity index (χ2n) is 8.65. The lowest BCUT2D eigenvalue weighted by Gasteiger charge is -2.31. The lowest BCUT2D eigenvalue weighted by Crippen LogP contribution is -2.43. The molecule has 0 bridgehead atoms. The molecule has 32 heavy (non-hydrogen) atoms. The Morgan fingerprint density at radius 3 is 2.41 bits per heavy atom. The maximum Gasteiger partial charge on any atom is 0.223 e. The van der Waals surface area contributed by atoms with Gasteiger partial charge in [-0.2, -0.15) is 0 Å². The number of carbonyl (C=O) groups excluding carboxylic acids is 1. The molecule has 0 spiro atoms. The van der Waals surface area contributed by atoms with Gasteiger partial charge in [0.2, 0.25) is 15.9 Å². The fraction of sp³-hybridized carbons (Fsp3) is 0.458. The number of carbonyl (C=O) groups is 1. The molecular weight excluding hydrogens is 451 g/mol. The van der Waals surface area contributed by atoms with Gasteiger partial charge in [-0.3, -0.25) is 4.79 Å². The first-order valence-corrected chi connectivity index (χ1v) is 12.8. The standard InChI is InChI=1S/C24H30ClFN2O3S/c1-15-12-17(3)20(13-16(15)2)18(4)27-24(29)19-8-10-28(11-9-19)32(30,31)14-21-22(25)6-5-7-23(21)26/h5-7,12-13,18-19H,8-11,14H2,1-4H3,(H,27,29)/t18-/m1/s1. The number of benzene rings is 2. The lowest BCUT2D eigenvalue weighted by molar-refractivity contribution is -0.126. The van der Waals surface area contributed by atoms with Gasteiger partial charge >= 0.3 is 0 Å². The summed E-state index contributed by atoms with van der Waals surface area (Å²) in [6.07, 6.45) is 0.851. The normalized spacial score (nSPS) is 16.7. The molecule has 174 valence electrons. The zero-order valence-electron chi connectivity index (χ0n) is 18.9. The molecule has 1 aliphatic rings. The van der Waals surface area contributed by atoms with Crippen molar-refractivity contribution < 1.29 is 17.6 Å². The number of aryl methyl sites for hydroxylation is 3. The van der Waals surface area contributed by atoms with E-state index in [1.807, 2.05) is 13.8 Å². The molecule has 1 fully saturated rings. The predicted molar refractivity (Wildman–Crippen MR) is 126 cm³/mol. The molecule has 2 aromatic rings. The molecule has 1 atom stereocenters. The van der Waals surface area contributed by atoms with Crippen molar-refractivity contribution in [2.45, 2.75) is 52.3 Å². The number of hydrogen-bond donors (Lipinski definition) is 1. The second kappa shape index (κ2) is 9.89. The first-order valence-electron chi connectivity index (χ1n) is 10.8. The number of nitrogens with zero attached hydrogens (tertiary/aromatic N) is 1. The van der Waals surface area contributed by atoms with E-state index in [0.717, 1.165) is 11.1 Å². The SMILES string of the molecule is Cc1cc(C)c([C@@H](C)NC(=O)C2CCN(S(=O)(=O)Cc3c(F)cccc3Cl)CC2)cc1C. The smallest absolute Gasteiger partial charge is 0.223 e. The van der Waals surface area contributed by atoms with Crippen LogP contribution >= 0.6 is 11.6 Å². The first kappa shape index (κ1) is 24.7. The highest BCUT2D eigenvalue weighted by Gasteiger charge is 2.32. The van der Waals surface area contributed by atoms with Crippen molar-refractivity contribution in [2.75, 3.05) is 13.1 Å². The average Bonchev–Trinajstić information content (AvgIpc) is 2.73. The third-order valence-electron chi connectivity index (χ3n) is 6.31. The highest BCUT2D eigenvalue weighted by atomic mass is 35.5. The maximum absolute atomic E-state index is 14.0. The second-order valence-corrected chi connectivity index (χ2v) is 11.0. The van der Waals surface area contributed by atoms with Gasteiger partial charge in [0.05, 0.1) is 11.8 Å². The van der Waals surface area contributed by atoms with Crippen LogP contribution in [0.5, 0.6) is 0 Å². The maximum atomic E-state index is 14.0. The zero-order chi connectivity index (χ0) is 23.6.